The molecule has 6 nitrogen and oxygen atoms in total. The highest BCUT2D eigenvalue weighted by atomic mass is 16.6. The molecular weight excluding hydrogens is 368 g/mol. The van der Waals surface area contributed by atoms with Gasteiger partial charge in [0.1, 0.15) is 6.10 Å². The van der Waals surface area contributed by atoms with Gasteiger partial charge in [0.25, 0.3) is 0 Å². The minimum atomic E-state index is -0.376. The number of carbonyl (C=O) groups is 2. The van der Waals surface area contributed by atoms with E-state index < -0.39 is 0 Å². The van der Waals surface area contributed by atoms with Gasteiger partial charge in [-0.1, -0.05) is 18.2 Å². The van der Waals surface area contributed by atoms with Gasteiger partial charge in [0.05, 0.1) is 19.1 Å². The van der Waals surface area contributed by atoms with Gasteiger partial charge in [-0.05, 0) is 49.1 Å². The largest absolute Gasteiger partial charge is 0.469 e. The molecular formula is C23H28N2O4. The van der Waals surface area contributed by atoms with Crippen LogP contribution >= 0.6 is 0 Å². The Morgan fingerprint density at radius 3 is 2.83 bits per heavy atom. The smallest absolute Gasteiger partial charge is 0.312 e. The maximum atomic E-state index is 12.7. The van der Waals surface area contributed by atoms with E-state index in [9.17, 15) is 9.59 Å². The third-order valence-electron chi connectivity index (χ3n) is 7.31. The number of aromatic nitrogens is 1. The van der Waals surface area contributed by atoms with E-state index in [2.05, 4.69) is 34.1 Å². The molecule has 0 unspecified atom stereocenters. The topological polar surface area (TPSA) is 71.6 Å². The fourth-order valence-electron chi connectivity index (χ4n) is 6.13. The predicted octanol–water partition coefficient (Wildman–Crippen LogP) is 3.22. The number of ether oxygens (including phenoxy) is 2. The van der Waals surface area contributed by atoms with Crippen LogP contribution in [0.1, 0.15) is 43.5 Å². The van der Waals surface area contributed by atoms with Crippen LogP contribution < -0.4 is 0 Å². The number of fused-ring (bicyclic) bond motifs is 6. The first-order valence-corrected chi connectivity index (χ1v) is 10.7. The molecule has 2 aromatic rings. The molecule has 1 aliphatic carbocycles. The van der Waals surface area contributed by atoms with Gasteiger partial charge in [-0.2, -0.15) is 0 Å². The van der Waals surface area contributed by atoms with Gasteiger partial charge < -0.3 is 14.5 Å². The van der Waals surface area contributed by atoms with Gasteiger partial charge in [0, 0.05) is 36.6 Å². The number of nitrogens with zero attached hydrogens (tertiary/aromatic N) is 1. The van der Waals surface area contributed by atoms with Crippen molar-refractivity contribution in [2.75, 3.05) is 20.2 Å². The molecule has 1 saturated heterocycles. The molecule has 1 N–H and O–H groups in total. The summed E-state index contributed by atoms with van der Waals surface area (Å²) in [6, 6.07) is 8.77. The second kappa shape index (κ2) is 7.17. The van der Waals surface area contributed by atoms with Crippen molar-refractivity contribution in [3.8, 4) is 0 Å². The molecule has 154 valence electrons. The van der Waals surface area contributed by atoms with Gasteiger partial charge in [-0.25, -0.2) is 0 Å². The highest BCUT2D eigenvalue weighted by Gasteiger charge is 2.51. The summed E-state index contributed by atoms with van der Waals surface area (Å²) in [7, 11) is 1.43. The van der Waals surface area contributed by atoms with E-state index in [0.717, 1.165) is 38.8 Å². The summed E-state index contributed by atoms with van der Waals surface area (Å²) in [5, 5.41) is 1.32. The van der Waals surface area contributed by atoms with E-state index in [1.165, 1.54) is 36.2 Å². The zero-order valence-corrected chi connectivity index (χ0v) is 17.0. The van der Waals surface area contributed by atoms with E-state index in [4.69, 9.17) is 9.47 Å². The van der Waals surface area contributed by atoms with E-state index >= 15 is 0 Å². The molecule has 5 rings (SSSR count). The van der Waals surface area contributed by atoms with Gasteiger partial charge in [0.15, 0.2) is 0 Å². The lowest BCUT2D eigenvalue weighted by atomic mass is 9.64. The van der Waals surface area contributed by atoms with Crippen molar-refractivity contribution in [1.82, 2.24) is 9.88 Å². The minimum Gasteiger partial charge on any atom is -0.469 e. The van der Waals surface area contributed by atoms with Crippen molar-refractivity contribution in [3.63, 3.8) is 0 Å². The van der Waals surface area contributed by atoms with Crippen LogP contribution in [0.3, 0.4) is 0 Å². The summed E-state index contributed by atoms with van der Waals surface area (Å²) in [5.41, 5.74) is 3.91. The summed E-state index contributed by atoms with van der Waals surface area (Å²) in [6.45, 7) is 3.46. The van der Waals surface area contributed by atoms with Crippen molar-refractivity contribution in [2.45, 2.75) is 44.8 Å². The molecule has 2 fully saturated rings. The number of H-pyrrole nitrogens is 1. The molecule has 5 atom stereocenters. The Labute approximate surface area is 170 Å². The summed E-state index contributed by atoms with van der Waals surface area (Å²) < 4.78 is 10.7. The van der Waals surface area contributed by atoms with Gasteiger partial charge in [-0.15, -0.1) is 0 Å². The molecule has 1 aromatic heterocycles. The summed E-state index contributed by atoms with van der Waals surface area (Å²) >= 11 is 0. The number of methoxy groups -OCH3 is 1. The Morgan fingerprint density at radius 1 is 1.21 bits per heavy atom. The molecule has 0 spiro atoms. The number of benzene rings is 1. The van der Waals surface area contributed by atoms with Crippen molar-refractivity contribution in [2.24, 2.45) is 17.8 Å². The number of aromatic amines is 1. The number of rotatable bonds is 2. The molecule has 1 saturated carbocycles. The van der Waals surface area contributed by atoms with E-state index in [-0.39, 0.29) is 35.9 Å². The highest BCUT2D eigenvalue weighted by Crippen LogP contribution is 2.49. The molecule has 0 bridgehead atoms. The fraction of sp³-hybridized carbons (Fsp3) is 0.565. The SMILES string of the molecule is COC(=O)[C@@H]1[C@@H]2C[C@H]3c4[nH]c5ccccc5c4CCN3C[C@H]2CC[C@@H]1OC(C)=O. The van der Waals surface area contributed by atoms with Gasteiger partial charge in [-0.3, -0.25) is 14.5 Å². The lowest BCUT2D eigenvalue weighted by molar-refractivity contribution is -0.171. The summed E-state index contributed by atoms with van der Waals surface area (Å²) in [6.07, 6.45) is 3.29. The average molecular weight is 396 g/mol. The van der Waals surface area contributed by atoms with Crippen LogP contribution in [0, 0.1) is 17.8 Å². The molecule has 0 amide bonds. The molecule has 1 aromatic carbocycles. The zero-order valence-electron chi connectivity index (χ0n) is 17.0. The molecule has 2 aliphatic heterocycles. The molecule has 3 aliphatic rings. The van der Waals surface area contributed by atoms with E-state index in [1.54, 1.807) is 0 Å². The van der Waals surface area contributed by atoms with Crippen LogP contribution in [0.5, 0.6) is 0 Å². The predicted molar refractivity (Wildman–Crippen MR) is 108 cm³/mol. The monoisotopic (exact) mass is 396 g/mol. The van der Waals surface area contributed by atoms with Gasteiger partial charge >= 0.3 is 11.9 Å². The third kappa shape index (κ3) is 3.05. The zero-order chi connectivity index (χ0) is 20.1. The Morgan fingerprint density at radius 2 is 2.03 bits per heavy atom. The van der Waals surface area contributed by atoms with Crippen LogP contribution in [0.4, 0.5) is 0 Å². The number of hydrogen-bond donors (Lipinski definition) is 1. The third-order valence-corrected chi connectivity index (χ3v) is 7.31. The Balaban J connectivity index is 1.50. The van der Waals surface area contributed by atoms with Gasteiger partial charge in [0.2, 0.25) is 0 Å². The van der Waals surface area contributed by atoms with Crippen molar-refractivity contribution in [1.29, 1.82) is 0 Å². The number of hydrogen-bond acceptors (Lipinski definition) is 5. The van der Waals surface area contributed by atoms with Crippen LogP contribution in [0.15, 0.2) is 24.3 Å². The second-order valence-electron chi connectivity index (χ2n) is 8.76. The van der Waals surface area contributed by atoms with Crippen LogP contribution in [0.2, 0.25) is 0 Å². The lowest BCUT2D eigenvalue weighted by Gasteiger charge is -2.51. The molecule has 29 heavy (non-hydrogen) atoms. The van der Waals surface area contributed by atoms with Crippen LogP contribution in [0.25, 0.3) is 10.9 Å². The Bertz CT molecular complexity index is 952. The summed E-state index contributed by atoms with van der Waals surface area (Å²) in [5.74, 6) is -0.339. The Hall–Kier alpha value is -2.34. The standard InChI is InChI=1S/C23H28N2O4/c1-13(26)29-20-8-7-14-12-25-10-9-16-15-5-3-4-6-18(15)24-22(16)19(25)11-17(14)21(20)23(27)28-2/h3-6,14,17,19-21,24H,7-12H2,1-2H3/t14-,17-,19+,20+,21-/m1/s1. The quantitative estimate of drug-likeness (QED) is 0.789. The van der Waals surface area contributed by atoms with Crippen LogP contribution in [-0.4, -0.2) is 48.1 Å². The van der Waals surface area contributed by atoms with Crippen molar-refractivity contribution < 1.29 is 19.1 Å². The highest BCUT2D eigenvalue weighted by molar-refractivity contribution is 5.85. The van der Waals surface area contributed by atoms with E-state index in [0.29, 0.717) is 5.92 Å². The molecule has 0 radical (unpaired) electrons. The Kier molecular flexibility index (Phi) is 4.62. The molecule has 6 heteroatoms. The van der Waals surface area contributed by atoms with Crippen molar-refractivity contribution in [3.05, 3.63) is 35.5 Å². The number of esters is 2. The first-order valence-electron chi connectivity index (χ1n) is 10.7. The first kappa shape index (κ1) is 18.7. The molecule has 3 heterocycles. The average Bonchev–Trinajstić information content (AvgIpc) is 3.10. The second-order valence-corrected chi connectivity index (χ2v) is 8.76. The maximum Gasteiger partial charge on any atom is 0.312 e. The number of nitrogens with one attached hydrogen (secondary N) is 1. The summed E-state index contributed by atoms with van der Waals surface area (Å²) in [4.78, 5) is 30.6. The number of carbonyl (C=O) groups excluding carboxylic acids is 2. The number of para-hydroxylation sites is 1. The van der Waals surface area contributed by atoms with Crippen molar-refractivity contribution >= 4 is 22.8 Å². The first-order chi connectivity index (χ1) is 14.1. The van der Waals surface area contributed by atoms with E-state index in [1.807, 2.05) is 0 Å². The van der Waals surface area contributed by atoms with Crippen LogP contribution in [-0.2, 0) is 25.5 Å². The normalized spacial score (nSPS) is 31.4. The maximum absolute atomic E-state index is 12.7. The lowest BCUT2D eigenvalue weighted by Crippen LogP contribution is -2.54. The fourth-order valence-corrected chi connectivity index (χ4v) is 6.13. The number of piperidine rings is 1. The minimum absolute atomic E-state index is 0.166.